The number of non-ortho nitro benzene ring substituents is 1. The number of benzene rings is 3. The molecular formula is C25H20BrClN4O6. The highest BCUT2D eigenvalue weighted by molar-refractivity contribution is 9.10. The largest absolute Gasteiger partial charge is 0.507 e. The third kappa shape index (κ3) is 6.32. The summed E-state index contributed by atoms with van der Waals surface area (Å²) >= 11 is 9.34. The van der Waals surface area contributed by atoms with Crippen LogP contribution >= 0.6 is 27.5 Å². The first kappa shape index (κ1) is 27.4. The first-order chi connectivity index (χ1) is 17.5. The van der Waals surface area contributed by atoms with Crippen molar-refractivity contribution in [3.63, 3.8) is 0 Å². The van der Waals surface area contributed by atoms with Crippen LogP contribution in [0.3, 0.4) is 0 Å². The highest BCUT2D eigenvalue weighted by Crippen LogP contribution is 2.39. The van der Waals surface area contributed by atoms with Gasteiger partial charge in [0.1, 0.15) is 17.2 Å². The van der Waals surface area contributed by atoms with Crippen LogP contribution in [0.25, 0.3) is 6.08 Å². The molecule has 0 spiro atoms. The van der Waals surface area contributed by atoms with Gasteiger partial charge in [-0.3, -0.25) is 19.7 Å². The van der Waals surface area contributed by atoms with Gasteiger partial charge >= 0.3 is 0 Å². The first-order valence-electron chi connectivity index (χ1n) is 10.6. The summed E-state index contributed by atoms with van der Waals surface area (Å²) < 4.78 is 0.362. The van der Waals surface area contributed by atoms with Crippen LogP contribution in [-0.2, 0) is 4.79 Å². The molecule has 0 saturated carbocycles. The maximum absolute atomic E-state index is 13.0. The molecule has 0 saturated heterocycles. The van der Waals surface area contributed by atoms with Crippen molar-refractivity contribution in [1.82, 2.24) is 10.7 Å². The molecule has 0 aromatic heterocycles. The van der Waals surface area contributed by atoms with Gasteiger partial charge in [0.05, 0.1) is 26.2 Å². The van der Waals surface area contributed by atoms with Crippen LogP contribution in [0.1, 0.15) is 32.6 Å². The number of nitro groups is 1. The number of hydrazone groups is 1. The summed E-state index contributed by atoms with van der Waals surface area (Å²) in [5, 5.41) is 37.9. The summed E-state index contributed by atoms with van der Waals surface area (Å²) in [4.78, 5) is 36.1. The van der Waals surface area contributed by atoms with Crippen LogP contribution in [0.5, 0.6) is 11.5 Å². The van der Waals surface area contributed by atoms with Gasteiger partial charge in [-0.1, -0.05) is 23.7 Å². The molecule has 2 amide bonds. The number of carbonyl (C=O) groups excluding carboxylic acids is 2. The van der Waals surface area contributed by atoms with Crippen molar-refractivity contribution in [2.24, 2.45) is 5.10 Å². The molecule has 0 atom stereocenters. The van der Waals surface area contributed by atoms with E-state index in [-0.39, 0.29) is 44.6 Å². The Hall–Kier alpha value is -4.22. The zero-order chi connectivity index (χ0) is 27.3. The Balaban J connectivity index is 1.92. The van der Waals surface area contributed by atoms with E-state index in [0.717, 1.165) is 0 Å². The molecule has 4 N–H and O–H groups in total. The number of amides is 2. The molecule has 3 rings (SSSR count). The van der Waals surface area contributed by atoms with Gasteiger partial charge in [0.2, 0.25) is 0 Å². The van der Waals surface area contributed by atoms with Gasteiger partial charge in [0.15, 0.2) is 0 Å². The lowest BCUT2D eigenvalue weighted by Crippen LogP contribution is -2.33. The van der Waals surface area contributed by atoms with E-state index in [1.807, 2.05) is 0 Å². The van der Waals surface area contributed by atoms with Crippen LogP contribution in [-0.4, -0.2) is 33.2 Å². The number of hydrogen-bond acceptors (Lipinski definition) is 7. The monoisotopic (exact) mass is 586 g/mol. The number of carbonyl (C=O) groups is 2. The Kier molecular flexibility index (Phi) is 8.64. The van der Waals surface area contributed by atoms with Crippen molar-refractivity contribution >= 4 is 57.3 Å². The zero-order valence-corrected chi connectivity index (χ0v) is 21.8. The Morgan fingerprint density at radius 1 is 1.05 bits per heavy atom. The predicted octanol–water partition coefficient (Wildman–Crippen LogP) is 4.96. The summed E-state index contributed by atoms with van der Waals surface area (Å²) in [6.07, 6.45) is 2.51. The summed E-state index contributed by atoms with van der Waals surface area (Å²) in [7, 11) is 0. The molecule has 0 aliphatic heterocycles. The third-order valence-electron chi connectivity index (χ3n) is 5.29. The molecule has 10 nitrogen and oxygen atoms in total. The van der Waals surface area contributed by atoms with E-state index in [0.29, 0.717) is 15.6 Å². The number of phenolic OH excluding ortho intramolecular Hbond substituents is 2. The van der Waals surface area contributed by atoms with E-state index in [2.05, 4.69) is 31.8 Å². The van der Waals surface area contributed by atoms with Crippen molar-refractivity contribution < 1.29 is 24.7 Å². The molecule has 3 aromatic rings. The van der Waals surface area contributed by atoms with Crippen molar-refractivity contribution in [1.29, 1.82) is 0 Å². The molecule has 0 aliphatic rings. The van der Waals surface area contributed by atoms with E-state index in [9.17, 15) is 29.9 Å². The highest BCUT2D eigenvalue weighted by atomic mass is 79.9. The molecule has 12 heteroatoms. The number of nitro benzene ring substituents is 1. The average molecular weight is 588 g/mol. The lowest BCUT2D eigenvalue weighted by Gasteiger charge is -2.12. The van der Waals surface area contributed by atoms with Crippen molar-refractivity contribution in [3.8, 4) is 11.5 Å². The maximum atomic E-state index is 13.0. The van der Waals surface area contributed by atoms with Gasteiger partial charge in [-0.2, -0.15) is 5.10 Å². The van der Waals surface area contributed by atoms with Crippen LogP contribution in [0.2, 0.25) is 5.02 Å². The van der Waals surface area contributed by atoms with Gasteiger partial charge in [-0.25, -0.2) is 5.43 Å². The highest BCUT2D eigenvalue weighted by Gasteiger charge is 2.18. The van der Waals surface area contributed by atoms with Gasteiger partial charge in [-0.15, -0.1) is 0 Å². The number of rotatable bonds is 7. The van der Waals surface area contributed by atoms with Gasteiger partial charge in [0.25, 0.3) is 17.5 Å². The number of aromatic hydroxyl groups is 2. The Labute approximate surface area is 224 Å². The molecular weight excluding hydrogens is 568 g/mol. The van der Waals surface area contributed by atoms with Gasteiger partial charge < -0.3 is 15.5 Å². The SMILES string of the molecule is Cc1c(O)c(Br)c(C)c(C=NNC(=O)C(=Cc2ccc([N+](=O)[O-])cc2)NC(=O)c2ccccc2Cl)c1O. The topological polar surface area (TPSA) is 154 Å². The maximum Gasteiger partial charge on any atom is 0.287 e. The molecule has 0 aliphatic carbocycles. The minimum atomic E-state index is -0.818. The van der Waals surface area contributed by atoms with Crippen LogP contribution in [0.15, 0.2) is 63.8 Å². The summed E-state index contributed by atoms with van der Waals surface area (Å²) in [5.41, 5.74) is 3.39. The second-order valence-corrected chi connectivity index (χ2v) is 8.91. The van der Waals surface area contributed by atoms with Gasteiger partial charge in [0, 0.05) is 23.3 Å². The minimum absolute atomic E-state index is 0.119. The zero-order valence-electron chi connectivity index (χ0n) is 19.5. The van der Waals surface area contributed by atoms with E-state index in [1.165, 1.54) is 55.6 Å². The Morgan fingerprint density at radius 3 is 2.32 bits per heavy atom. The minimum Gasteiger partial charge on any atom is -0.507 e. The molecule has 190 valence electrons. The number of nitrogens with zero attached hydrogens (tertiary/aromatic N) is 2. The smallest absolute Gasteiger partial charge is 0.287 e. The van der Waals surface area contributed by atoms with Crippen LogP contribution < -0.4 is 10.7 Å². The Bertz CT molecular complexity index is 1430. The van der Waals surface area contributed by atoms with E-state index in [4.69, 9.17) is 11.6 Å². The van der Waals surface area contributed by atoms with Crippen molar-refractivity contribution in [2.45, 2.75) is 13.8 Å². The number of phenols is 2. The molecule has 0 unspecified atom stereocenters. The number of hydrogen-bond donors (Lipinski definition) is 4. The number of nitrogens with one attached hydrogen (secondary N) is 2. The summed E-state index contributed by atoms with van der Waals surface area (Å²) in [5.74, 6) is -1.82. The fraction of sp³-hybridized carbons (Fsp3) is 0.0800. The van der Waals surface area contributed by atoms with Crippen molar-refractivity contribution in [2.75, 3.05) is 0 Å². The molecule has 37 heavy (non-hydrogen) atoms. The second kappa shape index (κ2) is 11.7. The fourth-order valence-electron chi connectivity index (χ4n) is 3.18. The normalized spacial score (nSPS) is 11.4. The quantitative estimate of drug-likeness (QED) is 0.133. The summed E-state index contributed by atoms with van der Waals surface area (Å²) in [6, 6.07) is 11.6. The fourth-order valence-corrected chi connectivity index (χ4v) is 3.91. The lowest BCUT2D eigenvalue weighted by molar-refractivity contribution is -0.384. The van der Waals surface area contributed by atoms with Crippen molar-refractivity contribution in [3.05, 3.63) is 102 Å². The number of halogens is 2. The standard InChI is InChI=1S/C25H20BrClN4O6/c1-13-18(22(32)14(2)23(33)21(13)26)12-28-30-25(35)20(11-15-7-9-16(10-8-15)31(36)37)29-24(34)17-5-3-4-6-19(17)27/h3-12,32-33H,1-2H3,(H,29,34)(H,30,35). The van der Waals surface area contributed by atoms with Crippen LogP contribution in [0.4, 0.5) is 5.69 Å². The predicted molar refractivity (Wildman–Crippen MR) is 143 cm³/mol. The van der Waals surface area contributed by atoms with E-state index in [1.54, 1.807) is 19.1 Å². The molecule has 0 radical (unpaired) electrons. The Morgan fingerprint density at radius 2 is 1.70 bits per heavy atom. The third-order valence-corrected chi connectivity index (χ3v) is 6.59. The lowest BCUT2D eigenvalue weighted by atomic mass is 10.0. The molecule has 3 aromatic carbocycles. The summed E-state index contributed by atoms with van der Waals surface area (Å²) in [6.45, 7) is 3.15. The van der Waals surface area contributed by atoms with E-state index < -0.39 is 16.7 Å². The second-order valence-electron chi connectivity index (χ2n) is 7.71. The molecule has 0 fully saturated rings. The molecule has 0 bridgehead atoms. The van der Waals surface area contributed by atoms with Gasteiger partial charge in [-0.05, 0) is 71.2 Å². The average Bonchev–Trinajstić information content (AvgIpc) is 2.88. The van der Waals surface area contributed by atoms with Crippen LogP contribution in [0, 0.1) is 24.0 Å². The first-order valence-corrected chi connectivity index (χ1v) is 11.7. The van der Waals surface area contributed by atoms with E-state index >= 15 is 0 Å². The molecule has 0 heterocycles.